The van der Waals surface area contributed by atoms with Crippen LogP contribution in [0.1, 0.15) is 39.2 Å². The van der Waals surface area contributed by atoms with E-state index in [4.69, 9.17) is 0 Å². The Morgan fingerprint density at radius 2 is 2.00 bits per heavy atom. The number of rotatable bonds is 7. The normalized spacial score (nSPS) is 20.4. The molecule has 0 aromatic heterocycles. The van der Waals surface area contributed by atoms with E-state index in [0.717, 1.165) is 12.5 Å². The Kier molecular flexibility index (Phi) is 5.62. The van der Waals surface area contributed by atoms with Gasteiger partial charge in [0.05, 0.1) is 0 Å². The van der Waals surface area contributed by atoms with E-state index in [1.807, 2.05) is 0 Å². The molecule has 1 aromatic carbocycles. The first-order valence-electron chi connectivity index (χ1n) is 8.11. The van der Waals surface area contributed by atoms with Crippen LogP contribution in [0.5, 0.6) is 0 Å². The molecule has 1 unspecified atom stereocenters. The third-order valence-electron chi connectivity index (χ3n) is 4.69. The van der Waals surface area contributed by atoms with Crippen LogP contribution < -0.4 is 5.32 Å². The second kappa shape index (κ2) is 7.24. The van der Waals surface area contributed by atoms with E-state index in [9.17, 15) is 0 Å². The lowest BCUT2D eigenvalue weighted by molar-refractivity contribution is 0.138. The maximum Gasteiger partial charge on any atom is 0.0156 e. The van der Waals surface area contributed by atoms with Gasteiger partial charge < -0.3 is 5.32 Å². The van der Waals surface area contributed by atoms with Crippen LogP contribution in [0.2, 0.25) is 0 Å². The van der Waals surface area contributed by atoms with Gasteiger partial charge in [-0.3, -0.25) is 4.90 Å². The Hall–Kier alpha value is -0.860. The number of likely N-dealkylation sites (tertiary alicyclic amines) is 1. The van der Waals surface area contributed by atoms with E-state index in [1.165, 1.54) is 44.5 Å². The van der Waals surface area contributed by atoms with Crippen molar-refractivity contribution in [3.8, 4) is 0 Å². The average Bonchev–Trinajstić information content (AvgIpc) is 2.94. The summed E-state index contributed by atoms with van der Waals surface area (Å²) in [5.74, 6) is 0.839. The minimum Gasteiger partial charge on any atom is -0.317 e. The summed E-state index contributed by atoms with van der Waals surface area (Å²) >= 11 is 0. The number of hydrogen-bond donors (Lipinski definition) is 1. The van der Waals surface area contributed by atoms with E-state index in [2.05, 4.69) is 61.3 Å². The lowest BCUT2D eigenvalue weighted by Gasteiger charge is -2.36. The monoisotopic (exact) mass is 274 g/mol. The maximum atomic E-state index is 3.49. The molecule has 0 radical (unpaired) electrons. The summed E-state index contributed by atoms with van der Waals surface area (Å²) in [7, 11) is 0. The van der Waals surface area contributed by atoms with Crippen molar-refractivity contribution in [3.05, 3.63) is 35.9 Å². The highest BCUT2D eigenvalue weighted by molar-refractivity contribution is 5.15. The highest BCUT2D eigenvalue weighted by Crippen LogP contribution is 2.28. The molecule has 2 heteroatoms. The lowest BCUT2D eigenvalue weighted by atomic mass is 9.93. The lowest BCUT2D eigenvalue weighted by Crippen LogP contribution is -2.43. The van der Waals surface area contributed by atoms with E-state index < -0.39 is 0 Å². The number of nitrogens with one attached hydrogen (secondary N) is 1. The van der Waals surface area contributed by atoms with Crippen molar-refractivity contribution < 1.29 is 0 Å². The molecule has 0 bridgehead atoms. The third-order valence-corrected chi connectivity index (χ3v) is 4.69. The first kappa shape index (κ1) is 15.5. The minimum absolute atomic E-state index is 0.316. The molecule has 2 rings (SSSR count). The second-order valence-electron chi connectivity index (χ2n) is 6.71. The van der Waals surface area contributed by atoms with Crippen molar-refractivity contribution >= 4 is 0 Å². The standard InChI is InChI=1S/C18H30N2/c1-4-19-14-17-11-13-20(15-17)18(2,3)12-10-16-8-6-5-7-9-16/h5-9,17,19H,4,10-15H2,1-3H3. The molecule has 0 aliphatic carbocycles. The summed E-state index contributed by atoms with van der Waals surface area (Å²) < 4.78 is 0. The zero-order valence-electron chi connectivity index (χ0n) is 13.4. The van der Waals surface area contributed by atoms with E-state index in [-0.39, 0.29) is 0 Å². The minimum atomic E-state index is 0.316. The summed E-state index contributed by atoms with van der Waals surface area (Å²) in [4.78, 5) is 2.69. The summed E-state index contributed by atoms with van der Waals surface area (Å²) in [6, 6.07) is 10.9. The number of nitrogens with zero attached hydrogens (tertiary/aromatic N) is 1. The Bertz CT molecular complexity index is 386. The summed E-state index contributed by atoms with van der Waals surface area (Å²) in [5.41, 5.74) is 1.78. The van der Waals surface area contributed by atoms with E-state index in [1.54, 1.807) is 0 Å². The largest absolute Gasteiger partial charge is 0.317 e. The molecule has 0 spiro atoms. The van der Waals surface area contributed by atoms with Crippen LogP contribution in [0, 0.1) is 5.92 Å². The van der Waals surface area contributed by atoms with Crippen molar-refractivity contribution in [1.29, 1.82) is 0 Å². The molecule has 1 heterocycles. The zero-order valence-corrected chi connectivity index (χ0v) is 13.4. The predicted octanol–water partition coefficient (Wildman–Crippen LogP) is 3.33. The smallest absolute Gasteiger partial charge is 0.0156 e. The molecular weight excluding hydrogens is 244 g/mol. The van der Waals surface area contributed by atoms with Crippen molar-refractivity contribution in [3.63, 3.8) is 0 Å². The Morgan fingerprint density at radius 1 is 1.25 bits per heavy atom. The summed E-state index contributed by atoms with van der Waals surface area (Å²) in [6.45, 7) is 11.8. The predicted molar refractivity (Wildman–Crippen MR) is 87.1 cm³/mol. The Morgan fingerprint density at radius 3 is 2.70 bits per heavy atom. The van der Waals surface area contributed by atoms with Crippen LogP contribution in [0.3, 0.4) is 0 Å². The average molecular weight is 274 g/mol. The fourth-order valence-electron chi connectivity index (χ4n) is 3.15. The topological polar surface area (TPSA) is 15.3 Å². The molecule has 1 aliphatic heterocycles. The Labute approximate surface area is 124 Å². The third kappa shape index (κ3) is 4.32. The van der Waals surface area contributed by atoms with Gasteiger partial charge in [0.2, 0.25) is 0 Å². The molecule has 1 N–H and O–H groups in total. The fourth-order valence-corrected chi connectivity index (χ4v) is 3.15. The van der Waals surface area contributed by atoms with Crippen molar-refractivity contribution in [2.75, 3.05) is 26.2 Å². The van der Waals surface area contributed by atoms with E-state index in [0.29, 0.717) is 5.54 Å². The SMILES string of the molecule is CCNCC1CCN(C(C)(C)CCc2ccccc2)C1. The highest BCUT2D eigenvalue weighted by Gasteiger charge is 2.32. The molecule has 1 aliphatic rings. The first-order chi connectivity index (χ1) is 9.62. The molecule has 0 amide bonds. The number of benzene rings is 1. The van der Waals surface area contributed by atoms with Gasteiger partial charge in [-0.2, -0.15) is 0 Å². The maximum absolute atomic E-state index is 3.49. The molecule has 112 valence electrons. The van der Waals surface area contributed by atoms with Gasteiger partial charge >= 0.3 is 0 Å². The highest BCUT2D eigenvalue weighted by atomic mass is 15.2. The second-order valence-corrected chi connectivity index (χ2v) is 6.71. The molecule has 2 nitrogen and oxygen atoms in total. The van der Waals surface area contributed by atoms with E-state index >= 15 is 0 Å². The van der Waals surface area contributed by atoms with Gasteiger partial charge in [-0.1, -0.05) is 37.3 Å². The number of aryl methyl sites for hydroxylation is 1. The molecule has 20 heavy (non-hydrogen) atoms. The molecular formula is C18H30N2. The molecule has 1 aromatic rings. The quantitative estimate of drug-likeness (QED) is 0.820. The van der Waals surface area contributed by atoms with Gasteiger partial charge in [0, 0.05) is 12.1 Å². The van der Waals surface area contributed by atoms with Crippen molar-refractivity contribution in [1.82, 2.24) is 10.2 Å². The van der Waals surface area contributed by atoms with Crippen LogP contribution in [-0.4, -0.2) is 36.6 Å². The summed E-state index contributed by atoms with van der Waals surface area (Å²) in [5, 5.41) is 3.49. The Balaban J connectivity index is 1.81. The van der Waals surface area contributed by atoms with Crippen molar-refractivity contribution in [2.24, 2.45) is 5.92 Å². The van der Waals surface area contributed by atoms with Crippen LogP contribution in [-0.2, 0) is 6.42 Å². The summed E-state index contributed by atoms with van der Waals surface area (Å²) in [6.07, 6.45) is 3.77. The van der Waals surface area contributed by atoms with Gasteiger partial charge in [-0.15, -0.1) is 0 Å². The van der Waals surface area contributed by atoms with Gasteiger partial charge in [-0.25, -0.2) is 0 Å². The van der Waals surface area contributed by atoms with Gasteiger partial charge in [-0.05, 0) is 64.2 Å². The first-order valence-corrected chi connectivity index (χ1v) is 8.11. The fraction of sp³-hybridized carbons (Fsp3) is 0.667. The van der Waals surface area contributed by atoms with Crippen molar-refractivity contribution in [2.45, 2.75) is 45.6 Å². The van der Waals surface area contributed by atoms with Crippen LogP contribution in [0.15, 0.2) is 30.3 Å². The van der Waals surface area contributed by atoms with Crippen LogP contribution in [0.4, 0.5) is 0 Å². The zero-order chi connectivity index (χ0) is 14.4. The van der Waals surface area contributed by atoms with Crippen LogP contribution in [0.25, 0.3) is 0 Å². The molecule has 1 saturated heterocycles. The molecule has 1 fully saturated rings. The van der Waals surface area contributed by atoms with Gasteiger partial charge in [0.1, 0.15) is 0 Å². The number of hydrogen-bond acceptors (Lipinski definition) is 2. The van der Waals surface area contributed by atoms with Gasteiger partial charge in [0.15, 0.2) is 0 Å². The molecule has 0 saturated carbocycles. The molecule has 1 atom stereocenters. The van der Waals surface area contributed by atoms with Crippen LogP contribution >= 0.6 is 0 Å². The van der Waals surface area contributed by atoms with Gasteiger partial charge in [0.25, 0.3) is 0 Å².